The van der Waals surface area contributed by atoms with E-state index in [2.05, 4.69) is 5.32 Å². The number of amides is 4. The van der Waals surface area contributed by atoms with E-state index in [1.54, 1.807) is 11.0 Å². The second-order valence-corrected chi connectivity index (χ2v) is 5.87. The van der Waals surface area contributed by atoms with Gasteiger partial charge in [-0.25, -0.2) is 9.69 Å². The van der Waals surface area contributed by atoms with Crippen molar-refractivity contribution < 1.29 is 19.1 Å². The summed E-state index contributed by atoms with van der Waals surface area (Å²) in [6.07, 6.45) is 1.62. The Bertz CT molecular complexity index is 620. The molecule has 0 bridgehead atoms. The molecule has 0 spiro atoms. The first-order valence-corrected chi connectivity index (χ1v) is 7.76. The number of imide groups is 1. The average Bonchev–Trinajstić information content (AvgIpc) is 3.12. The molecule has 0 aliphatic carbocycles. The van der Waals surface area contributed by atoms with Crippen LogP contribution in [0.15, 0.2) is 23.2 Å². The summed E-state index contributed by atoms with van der Waals surface area (Å²) >= 11 is 1.46. The molecule has 0 aromatic carbocycles. The van der Waals surface area contributed by atoms with E-state index in [4.69, 9.17) is 4.74 Å². The van der Waals surface area contributed by atoms with Crippen LogP contribution in [0.1, 0.15) is 4.88 Å². The van der Waals surface area contributed by atoms with Gasteiger partial charge in [-0.15, -0.1) is 11.3 Å². The molecule has 22 heavy (non-hydrogen) atoms. The van der Waals surface area contributed by atoms with Gasteiger partial charge in [-0.05, 0) is 17.5 Å². The van der Waals surface area contributed by atoms with Crippen LogP contribution in [-0.4, -0.2) is 60.5 Å². The third-order valence-electron chi connectivity index (χ3n) is 3.45. The molecule has 7 nitrogen and oxygen atoms in total. The van der Waals surface area contributed by atoms with E-state index in [0.717, 1.165) is 9.78 Å². The van der Waals surface area contributed by atoms with Crippen molar-refractivity contribution in [3.8, 4) is 0 Å². The first-order chi connectivity index (χ1) is 10.6. The molecule has 0 unspecified atom stereocenters. The molecule has 3 heterocycles. The molecule has 8 heteroatoms. The highest BCUT2D eigenvalue weighted by atomic mass is 32.1. The summed E-state index contributed by atoms with van der Waals surface area (Å²) in [5, 5.41) is 4.39. The Labute approximate surface area is 131 Å². The number of rotatable bonds is 3. The van der Waals surface area contributed by atoms with Crippen molar-refractivity contribution in [1.29, 1.82) is 0 Å². The highest BCUT2D eigenvalue weighted by molar-refractivity contribution is 7.10. The van der Waals surface area contributed by atoms with Gasteiger partial charge in [0.05, 0.1) is 13.2 Å². The average molecular weight is 321 g/mol. The molecule has 0 saturated carbocycles. The van der Waals surface area contributed by atoms with Crippen molar-refractivity contribution in [2.75, 3.05) is 32.8 Å². The van der Waals surface area contributed by atoms with Crippen LogP contribution in [0, 0.1) is 0 Å². The van der Waals surface area contributed by atoms with Crippen LogP contribution in [-0.2, 0) is 14.3 Å². The van der Waals surface area contributed by atoms with E-state index < -0.39 is 11.9 Å². The summed E-state index contributed by atoms with van der Waals surface area (Å²) in [6, 6.07) is 3.14. The molecule has 2 aliphatic rings. The first kappa shape index (κ1) is 14.7. The first-order valence-electron chi connectivity index (χ1n) is 6.89. The van der Waals surface area contributed by atoms with Crippen LogP contribution in [0.2, 0.25) is 0 Å². The van der Waals surface area contributed by atoms with Gasteiger partial charge in [0, 0.05) is 18.0 Å². The van der Waals surface area contributed by atoms with Crippen molar-refractivity contribution in [3.05, 3.63) is 28.1 Å². The van der Waals surface area contributed by atoms with E-state index >= 15 is 0 Å². The van der Waals surface area contributed by atoms with E-state index in [1.807, 2.05) is 17.5 Å². The van der Waals surface area contributed by atoms with Crippen LogP contribution in [0.3, 0.4) is 0 Å². The zero-order chi connectivity index (χ0) is 15.5. The predicted molar refractivity (Wildman–Crippen MR) is 79.9 cm³/mol. The maximum absolute atomic E-state index is 12.2. The number of carbonyl (C=O) groups excluding carboxylic acids is 3. The van der Waals surface area contributed by atoms with E-state index in [-0.39, 0.29) is 18.1 Å². The molecular weight excluding hydrogens is 306 g/mol. The topological polar surface area (TPSA) is 79.0 Å². The van der Waals surface area contributed by atoms with Gasteiger partial charge in [-0.2, -0.15) is 0 Å². The maximum Gasteiger partial charge on any atom is 0.329 e. The Morgan fingerprint density at radius 3 is 2.82 bits per heavy atom. The Morgan fingerprint density at radius 2 is 2.14 bits per heavy atom. The highest BCUT2D eigenvalue weighted by Gasteiger charge is 2.36. The van der Waals surface area contributed by atoms with Gasteiger partial charge in [0.1, 0.15) is 12.2 Å². The maximum atomic E-state index is 12.2. The van der Waals surface area contributed by atoms with Crippen molar-refractivity contribution in [2.24, 2.45) is 0 Å². The lowest BCUT2D eigenvalue weighted by Gasteiger charge is -2.27. The molecule has 2 fully saturated rings. The zero-order valence-electron chi connectivity index (χ0n) is 11.8. The Kier molecular flexibility index (Phi) is 4.21. The lowest BCUT2D eigenvalue weighted by atomic mass is 10.3. The Hall–Kier alpha value is -2.19. The quantitative estimate of drug-likeness (QED) is 0.649. The summed E-state index contributed by atoms with van der Waals surface area (Å²) in [7, 11) is 0. The fraction of sp³-hybridized carbons (Fsp3) is 0.357. The fourth-order valence-corrected chi connectivity index (χ4v) is 2.94. The van der Waals surface area contributed by atoms with Gasteiger partial charge in [-0.1, -0.05) is 6.07 Å². The van der Waals surface area contributed by atoms with Crippen molar-refractivity contribution in [2.45, 2.75) is 0 Å². The number of hydrogen-bond donors (Lipinski definition) is 1. The van der Waals surface area contributed by atoms with Gasteiger partial charge in [0.2, 0.25) is 5.91 Å². The number of nitrogens with zero attached hydrogens (tertiary/aromatic N) is 2. The van der Waals surface area contributed by atoms with Gasteiger partial charge in [-0.3, -0.25) is 9.59 Å². The number of carbonyl (C=O) groups is 3. The lowest BCUT2D eigenvalue weighted by Crippen LogP contribution is -2.47. The number of thiophene rings is 1. The Morgan fingerprint density at radius 1 is 1.36 bits per heavy atom. The molecule has 2 saturated heterocycles. The van der Waals surface area contributed by atoms with Crippen molar-refractivity contribution >= 4 is 35.3 Å². The predicted octanol–water partition coefficient (Wildman–Crippen LogP) is 0.500. The Balaban J connectivity index is 1.68. The smallest absolute Gasteiger partial charge is 0.329 e. The van der Waals surface area contributed by atoms with E-state index in [1.165, 1.54) is 11.3 Å². The summed E-state index contributed by atoms with van der Waals surface area (Å²) in [6.45, 7) is 1.69. The van der Waals surface area contributed by atoms with Crippen LogP contribution in [0.25, 0.3) is 6.08 Å². The summed E-state index contributed by atoms with van der Waals surface area (Å²) in [5.74, 6) is -0.718. The molecular formula is C14H15N3O4S. The van der Waals surface area contributed by atoms with Gasteiger partial charge in [0.25, 0.3) is 5.91 Å². The van der Waals surface area contributed by atoms with Crippen LogP contribution >= 0.6 is 11.3 Å². The number of urea groups is 1. The summed E-state index contributed by atoms with van der Waals surface area (Å²) in [5.41, 5.74) is 0.197. The minimum Gasteiger partial charge on any atom is -0.378 e. The van der Waals surface area contributed by atoms with E-state index in [0.29, 0.717) is 26.3 Å². The standard InChI is InChI=1S/C14H15N3O4S/c18-12(16-3-5-21-6-4-16)9-17-13(19)11(15-14(17)20)8-10-2-1-7-22-10/h1-2,7-8H,3-6,9H2,(H,15,20)/b11-8+. The minimum absolute atomic E-state index is 0.197. The lowest BCUT2D eigenvalue weighted by molar-refractivity contribution is -0.139. The molecule has 4 amide bonds. The van der Waals surface area contributed by atoms with Crippen LogP contribution < -0.4 is 5.32 Å². The molecule has 1 N–H and O–H groups in total. The monoisotopic (exact) mass is 321 g/mol. The van der Waals surface area contributed by atoms with Gasteiger partial charge < -0.3 is 15.0 Å². The molecule has 1 aromatic rings. The number of hydrogen-bond acceptors (Lipinski definition) is 5. The zero-order valence-corrected chi connectivity index (χ0v) is 12.6. The summed E-state index contributed by atoms with van der Waals surface area (Å²) in [4.78, 5) is 39.7. The number of morpholine rings is 1. The van der Waals surface area contributed by atoms with Crippen molar-refractivity contribution in [3.63, 3.8) is 0 Å². The molecule has 0 radical (unpaired) electrons. The second-order valence-electron chi connectivity index (χ2n) is 4.89. The molecule has 116 valence electrons. The number of ether oxygens (including phenoxy) is 1. The van der Waals surface area contributed by atoms with Crippen LogP contribution in [0.5, 0.6) is 0 Å². The van der Waals surface area contributed by atoms with Gasteiger partial charge >= 0.3 is 6.03 Å². The van der Waals surface area contributed by atoms with Crippen molar-refractivity contribution in [1.82, 2.24) is 15.1 Å². The third-order valence-corrected chi connectivity index (χ3v) is 4.27. The van der Waals surface area contributed by atoms with Gasteiger partial charge in [0.15, 0.2) is 0 Å². The SMILES string of the molecule is O=C(CN1C(=O)N/C(=C/c2cccs2)C1=O)N1CCOCC1. The third kappa shape index (κ3) is 3.02. The highest BCUT2D eigenvalue weighted by Crippen LogP contribution is 2.17. The molecule has 3 rings (SSSR count). The molecule has 2 aliphatic heterocycles. The molecule has 0 atom stereocenters. The van der Waals surface area contributed by atoms with Crippen LogP contribution in [0.4, 0.5) is 4.79 Å². The molecule has 1 aromatic heterocycles. The normalized spacial score (nSPS) is 20.6. The number of nitrogens with one attached hydrogen (secondary N) is 1. The van der Waals surface area contributed by atoms with E-state index in [9.17, 15) is 14.4 Å². The largest absolute Gasteiger partial charge is 0.378 e. The second kappa shape index (κ2) is 6.29. The fourth-order valence-electron chi connectivity index (χ4n) is 2.28. The minimum atomic E-state index is -0.561. The summed E-state index contributed by atoms with van der Waals surface area (Å²) < 4.78 is 5.18.